The number of nitrogens with one attached hydrogen (secondary N) is 1. The van der Waals surface area contributed by atoms with E-state index in [1.807, 2.05) is 56.3 Å². The van der Waals surface area contributed by atoms with E-state index in [1.165, 1.54) is 0 Å². The third-order valence-electron chi connectivity index (χ3n) is 3.97. The van der Waals surface area contributed by atoms with Gasteiger partial charge in [-0.15, -0.1) is 0 Å². The summed E-state index contributed by atoms with van der Waals surface area (Å²) in [5, 5.41) is 5.11. The molecule has 5 nitrogen and oxygen atoms in total. The lowest BCUT2D eigenvalue weighted by Gasteiger charge is -2.22. The second-order valence-electron chi connectivity index (χ2n) is 5.85. The van der Waals surface area contributed by atoms with E-state index in [1.54, 1.807) is 16.8 Å². The highest BCUT2D eigenvalue weighted by Crippen LogP contribution is 2.18. The van der Waals surface area contributed by atoms with Gasteiger partial charge in [-0.25, -0.2) is 0 Å². The van der Waals surface area contributed by atoms with Gasteiger partial charge in [0.1, 0.15) is 0 Å². The van der Waals surface area contributed by atoms with Crippen LogP contribution in [0.5, 0.6) is 0 Å². The van der Waals surface area contributed by atoms with Gasteiger partial charge in [0.2, 0.25) is 11.8 Å². The maximum atomic E-state index is 12.2. The summed E-state index contributed by atoms with van der Waals surface area (Å²) in [5.41, 5.74) is 0.766. The number of rotatable bonds is 7. The number of hydrogen-bond donors (Lipinski definition) is 1. The van der Waals surface area contributed by atoms with Crippen LogP contribution in [-0.2, 0) is 9.59 Å². The van der Waals surface area contributed by atoms with Gasteiger partial charge in [-0.2, -0.15) is 0 Å². The van der Waals surface area contributed by atoms with E-state index in [0.717, 1.165) is 16.5 Å². The second-order valence-corrected chi connectivity index (χ2v) is 5.85. The zero-order valence-corrected chi connectivity index (χ0v) is 14.6. The van der Waals surface area contributed by atoms with E-state index in [2.05, 4.69) is 5.32 Å². The van der Waals surface area contributed by atoms with Crippen LogP contribution in [0.1, 0.15) is 13.8 Å². The Morgan fingerprint density at radius 3 is 2.29 bits per heavy atom. The Morgan fingerprint density at radius 2 is 1.62 bits per heavy atom. The fraction of sp³-hybridized carbons (Fsp3) is 0.368. The lowest BCUT2D eigenvalue weighted by Crippen LogP contribution is -2.41. The molecule has 0 radical (unpaired) electrons. The van der Waals surface area contributed by atoms with Crippen molar-refractivity contribution in [3.05, 3.63) is 42.5 Å². The van der Waals surface area contributed by atoms with Crippen molar-refractivity contribution < 1.29 is 9.59 Å². The van der Waals surface area contributed by atoms with Crippen LogP contribution in [0.4, 0.5) is 5.69 Å². The number of nitrogens with zero attached hydrogens (tertiary/aromatic N) is 2. The molecule has 0 unspecified atom stereocenters. The first kappa shape index (κ1) is 17.9. The third-order valence-corrected chi connectivity index (χ3v) is 3.97. The van der Waals surface area contributed by atoms with Gasteiger partial charge >= 0.3 is 0 Å². The SMILES string of the molecule is CCN(CC)C(=O)CN(C)CC(=O)Nc1ccc2ccccc2c1. The molecule has 2 aromatic rings. The molecule has 128 valence electrons. The molecule has 0 fully saturated rings. The Labute approximate surface area is 143 Å². The fourth-order valence-corrected chi connectivity index (χ4v) is 2.68. The lowest BCUT2D eigenvalue weighted by molar-refractivity contribution is -0.132. The minimum Gasteiger partial charge on any atom is -0.342 e. The number of carbonyl (C=O) groups is 2. The fourth-order valence-electron chi connectivity index (χ4n) is 2.68. The van der Waals surface area contributed by atoms with Gasteiger partial charge in [-0.05, 0) is 43.8 Å². The van der Waals surface area contributed by atoms with Gasteiger partial charge in [0.15, 0.2) is 0 Å². The molecule has 2 aromatic carbocycles. The Bertz CT molecular complexity index is 711. The number of hydrogen-bond acceptors (Lipinski definition) is 3. The monoisotopic (exact) mass is 327 g/mol. The molecule has 24 heavy (non-hydrogen) atoms. The molecule has 0 bridgehead atoms. The number of fused-ring (bicyclic) bond motifs is 1. The second kappa shape index (κ2) is 8.45. The summed E-state index contributed by atoms with van der Waals surface area (Å²) in [7, 11) is 1.78. The summed E-state index contributed by atoms with van der Waals surface area (Å²) < 4.78 is 0. The van der Waals surface area contributed by atoms with Crippen LogP contribution < -0.4 is 5.32 Å². The molecular weight excluding hydrogens is 302 g/mol. The molecule has 0 aliphatic heterocycles. The van der Waals surface area contributed by atoms with Gasteiger partial charge in [-0.1, -0.05) is 30.3 Å². The maximum absolute atomic E-state index is 12.2. The van der Waals surface area contributed by atoms with Gasteiger partial charge in [0, 0.05) is 18.8 Å². The van der Waals surface area contributed by atoms with E-state index in [9.17, 15) is 9.59 Å². The highest BCUT2D eigenvalue weighted by molar-refractivity contribution is 5.95. The van der Waals surface area contributed by atoms with E-state index < -0.39 is 0 Å². The smallest absolute Gasteiger partial charge is 0.238 e. The number of likely N-dealkylation sites (N-methyl/N-ethyl adjacent to an activating group) is 2. The number of amides is 2. The molecule has 0 spiro atoms. The molecule has 0 saturated heterocycles. The van der Waals surface area contributed by atoms with Crippen LogP contribution in [0.25, 0.3) is 10.8 Å². The predicted molar refractivity (Wildman–Crippen MR) is 98.0 cm³/mol. The molecular formula is C19H25N3O2. The Balaban J connectivity index is 1.90. The van der Waals surface area contributed by atoms with Crippen LogP contribution in [0.2, 0.25) is 0 Å². The quantitative estimate of drug-likeness (QED) is 0.850. The van der Waals surface area contributed by atoms with Crippen molar-refractivity contribution >= 4 is 28.3 Å². The maximum Gasteiger partial charge on any atom is 0.238 e. The van der Waals surface area contributed by atoms with Crippen molar-refractivity contribution in [2.24, 2.45) is 0 Å². The van der Waals surface area contributed by atoms with Crippen molar-refractivity contribution in [3.63, 3.8) is 0 Å². The van der Waals surface area contributed by atoms with Gasteiger partial charge in [0.05, 0.1) is 13.1 Å². The molecule has 0 atom stereocenters. The summed E-state index contributed by atoms with van der Waals surface area (Å²) in [6.45, 7) is 5.70. The molecule has 0 aliphatic carbocycles. The van der Waals surface area contributed by atoms with Gasteiger partial charge in [0.25, 0.3) is 0 Å². The first-order chi connectivity index (χ1) is 11.5. The van der Waals surface area contributed by atoms with Gasteiger partial charge < -0.3 is 10.2 Å². The minimum atomic E-state index is -0.125. The highest BCUT2D eigenvalue weighted by Gasteiger charge is 2.14. The summed E-state index contributed by atoms with van der Waals surface area (Å²) in [6, 6.07) is 13.8. The Morgan fingerprint density at radius 1 is 0.958 bits per heavy atom. The summed E-state index contributed by atoms with van der Waals surface area (Å²) in [4.78, 5) is 27.7. The van der Waals surface area contributed by atoms with E-state index in [0.29, 0.717) is 13.1 Å². The standard InChI is InChI=1S/C19H25N3O2/c1-4-22(5-2)19(24)14-21(3)13-18(23)20-17-11-10-15-8-6-7-9-16(15)12-17/h6-12H,4-5,13-14H2,1-3H3,(H,20,23). The zero-order chi connectivity index (χ0) is 17.5. The third kappa shape index (κ3) is 4.80. The molecule has 2 amide bonds. The predicted octanol–water partition coefficient (Wildman–Crippen LogP) is 2.58. The zero-order valence-electron chi connectivity index (χ0n) is 14.6. The Hall–Kier alpha value is -2.40. The van der Waals surface area contributed by atoms with E-state index >= 15 is 0 Å². The molecule has 5 heteroatoms. The van der Waals surface area contributed by atoms with Crippen LogP contribution in [-0.4, -0.2) is 54.8 Å². The molecule has 0 aromatic heterocycles. The largest absolute Gasteiger partial charge is 0.342 e. The topological polar surface area (TPSA) is 52.7 Å². The van der Waals surface area contributed by atoms with Crippen LogP contribution >= 0.6 is 0 Å². The van der Waals surface area contributed by atoms with Crippen molar-refractivity contribution in [1.29, 1.82) is 0 Å². The number of carbonyl (C=O) groups excluding carboxylic acids is 2. The molecule has 1 N–H and O–H groups in total. The van der Waals surface area contributed by atoms with Crippen molar-refractivity contribution in [2.75, 3.05) is 38.5 Å². The van der Waals surface area contributed by atoms with Crippen LogP contribution in [0, 0.1) is 0 Å². The lowest BCUT2D eigenvalue weighted by atomic mass is 10.1. The van der Waals surface area contributed by atoms with Crippen LogP contribution in [0.3, 0.4) is 0 Å². The number of benzene rings is 2. The number of anilines is 1. The van der Waals surface area contributed by atoms with E-state index in [4.69, 9.17) is 0 Å². The summed E-state index contributed by atoms with van der Waals surface area (Å²) in [6.07, 6.45) is 0. The van der Waals surface area contributed by atoms with Gasteiger partial charge in [-0.3, -0.25) is 14.5 Å². The molecule has 0 aliphatic rings. The normalized spacial score (nSPS) is 10.8. The average molecular weight is 327 g/mol. The summed E-state index contributed by atoms with van der Waals surface area (Å²) in [5.74, 6) is -0.0823. The van der Waals surface area contributed by atoms with Crippen LogP contribution in [0.15, 0.2) is 42.5 Å². The minimum absolute atomic E-state index is 0.0426. The summed E-state index contributed by atoms with van der Waals surface area (Å²) >= 11 is 0. The molecule has 2 rings (SSSR count). The Kier molecular flexibility index (Phi) is 6.32. The van der Waals surface area contributed by atoms with Crippen molar-refractivity contribution in [2.45, 2.75) is 13.8 Å². The molecule has 0 heterocycles. The highest BCUT2D eigenvalue weighted by atomic mass is 16.2. The first-order valence-corrected chi connectivity index (χ1v) is 8.28. The van der Waals surface area contributed by atoms with E-state index in [-0.39, 0.29) is 24.9 Å². The molecule has 0 saturated carbocycles. The van der Waals surface area contributed by atoms with Crippen molar-refractivity contribution in [1.82, 2.24) is 9.80 Å². The van der Waals surface area contributed by atoms with Crippen molar-refractivity contribution in [3.8, 4) is 0 Å². The first-order valence-electron chi connectivity index (χ1n) is 8.28. The average Bonchev–Trinajstić information content (AvgIpc) is 2.55.